The first-order chi connectivity index (χ1) is 9.31. The number of anilines is 1. The van der Waals surface area contributed by atoms with Gasteiger partial charge in [0.2, 0.25) is 10.0 Å². The van der Waals surface area contributed by atoms with Gasteiger partial charge in [-0.15, -0.1) is 0 Å². The van der Waals surface area contributed by atoms with Gasteiger partial charge in [-0.1, -0.05) is 0 Å². The minimum atomic E-state index is -3.61. The summed E-state index contributed by atoms with van der Waals surface area (Å²) >= 11 is 0. The van der Waals surface area contributed by atoms with Crippen LogP contribution in [0.2, 0.25) is 0 Å². The van der Waals surface area contributed by atoms with E-state index in [-0.39, 0.29) is 6.61 Å². The molecule has 0 spiro atoms. The van der Waals surface area contributed by atoms with Crippen molar-refractivity contribution in [2.24, 2.45) is 0 Å². The Hall–Kier alpha value is -1.76. The van der Waals surface area contributed by atoms with Gasteiger partial charge < -0.3 is 9.47 Å². The first-order valence-electron chi connectivity index (χ1n) is 6.11. The highest BCUT2D eigenvalue weighted by atomic mass is 32.2. The molecule has 0 saturated heterocycles. The summed E-state index contributed by atoms with van der Waals surface area (Å²) in [5, 5.41) is 0. The summed E-state index contributed by atoms with van der Waals surface area (Å²) in [6.07, 6.45) is 1.05. The maximum Gasteiger partial charge on any atom is 0.329 e. The van der Waals surface area contributed by atoms with E-state index in [1.165, 1.54) is 14.0 Å². The van der Waals surface area contributed by atoms with Crippen molar-refractivity contribution < 1.29 is 22.7 Å². The SMILES string of the molecule is CCOC(=O)[C@@H](C)N(c1ccc(OC)cc1)S(C)(=O)=O. The molecule has 0 aliphatic rings. The molecule has 0 fully saturated rings. The Morgan fingerprint density at radius 1 is 1.30 bits per heavy atom. The van der Waals surface area contributed by atoms with Crippen molar-refractivity contribution in [2.75, 3.05) is 24.3 Å². The number of nitrogens with zero attached hydrogens (tertiary/aromatic N) is 1. The van der Waals surface area contributed by atoms with E-state index in [2.05, 4.69) is 0 Å². The maximum atomic E-state index is 11.9. The molecular formula is C13H19NO5S. The molecule has 0 bridgehead atoms. The zero-order valence-electron chi connectivity index (χ0n) is 12.0. The van der Waals surface area contributed by atoms with E-state index in [1.54, 1.807) is 31.2 Å². The molecule has 0 aliphatic heterocycles. The van der Waals surface area contributed by atoms with Crippen LogP contribution in [0.15, 0.2) is 24.3 Å². The highest BCUT2D eigenvalue weighted by Crippen LogP contribution is 2.24. The van der Waals surface area contributed by atoms with Gasteiger partial charge in [-0.25, -0.2) is 13.2 Å². The molecule has 0 amide bonds. The summed E-state index contributed by atoms with van der Waals surface area (Å²) in [6.45, 7) is 3.36. The van der Waals surface area contributed by atoms with Crippen LogP contribution < -0.4 is 9.04 Å². The van der Waals surface area contributed by atoms with Crippen LogP contribution in [0.25, 0.3) is 0 Å². The average molecular weight is 301 g/mol. The summed E-state index contributed by atoms with van der Waals surface area (Å²) in [4.78, 5) is 11.8. The van der Waals surface area contributed by atoms with Gasteiger partial charge in [-0.05, 0) is 38.1 Å². The second kappa shape index (κ2) is 6.60. The van der Waals surface area contributed by atoms with Gasteiger partial charge in [0.15, 0.2) is 0 Å². The molecule has 6 nitrogen and oxygen atoms in total. The van der Waals surface area contributed by atoms with E-state index in [1.807, 2.05) is 0 Å². The third-order valence-electron chi connectivity index (χ3n) is 2.66. The van der Waals surface area contributed by atoms with Crippen molar-refractivity contribution in [3.8, 4) is 5.75 Å². The maximum absolute atomic E-state index is 11.9. The van der Waals surface area contributed by atoms with Gasteiger partial charge in [0, 0.05) is 0 Å². The number of esters is 1. The predicted octanol–water partition coefficient (Wildman–Crippen LogP) is 1.41. The molecule has 1 rings (SSSR count). The van der Waals surface area contributed by atoms with Crippen molar-refractivity contribution in [1.82, 2.24) is 0 Å². The van der Waals surface area contributed by atoms with E-state index < -0.39 is 22.0 Å². The lowest BCUT2D eigenvalue weighted by atomic mass is 10.2. The Morgan fingerprint density at radius 2 is 1.85 bits per heavy atom. The molecule has 1 atom stereocenters. The first kappa shape index (κ1) is 16.3. The smallest absolute Gasteiger partial charge is 0.329 e. The van der Waals surface area contributed by atoms with Crippen molar-refractivity contribution >= 4 is 21.7 Å². The predicted molar refractivity (Wildman–Crippen MR) is 76.4 cm³/mol. The van der Waals surface area contributed by atoms with Crippen molar-refractivity contribution in [3.05, 3.63) is 24.3 Å². The number of benzene rings is 1. The van der Waals surface area contributed by atoms with Crippen molar-refractivity contribution in [1.29, 1.82) is 0 Å². The van der Waals surface area contributed by atoms with Crippen LogP contribution >= 0.6 is 0 Å². The lowest BCUT2D eigenvalue weighted by Crippen LogP contribution is -2.43. The Balaban J connectivity index is 3.15. The van der Waals surface area contributed by atoms with Crippen LogP contribution in [0.1, 0.15) is 13.8 Å². The second-order valence-corrected chi connectivity index (χ2v) is 6.04. The van der Waals surface area contributed by atoms with Crippen LogP contribution in [-0.2, 0) is 19.6 Å². The lowest BCUT2D eigenvalue weighted by molar-refractivity contribution is -0.144. The largest absolute Gasteiger partial charge is 0.497 e. The van der Waals surface area contributed by atoms with Gasteiger partial charge >= 0.3 is 5.97 Å². The van der Waals surface area contributed by atoms with E-state index in [4.69, 9.17) is 9.47 Å². The topological polar surface area (TPSA) is 72.9 Å². The van der Waals surface area contributed by atoms with E-state index in [0.29, 0.717) is 11.4 Å². The Labute approximate surface area is 119 Å². The molecule has 0 saturated carbocycles. The molecule has 1 aromatic rings. The van der Waals surface area contributed by atoms with Crippen LogP contribution in [0.5, 0.6) is 5.75 Å². The van der Waals surface area contributed by atoms with Gasteiger partial charge in [0.05, 0.1) is 25.7 Å². The molecule has 0 aliphatic carbocycles. The third-order valence-corrected chi connectivity index (χ3v) is 3.91. The number of ether oxygens (including phenoxy) is 2. The Bertz CT molecular complexity index is 553. The summed E-state index contributed by atoms with van der Waals surface area (Å²) in [7, 11) is -2.09. The van der Waals surface area contributed by atoms with Crippen LogP contribution in [0, 0.1) is 0 Å². The minimum Gasteiger partial charge on any atom is -0.497 e. The normalized spacial score (nSPS) is 12.6. The number of rotatable bonds is 6. The summed E-state index contributed by atoms with van der Waals surface area (Å²) in [5.74, 6) is 0.0136. The van der Waals surface area contributed by atoms with Crippen molar-refractivity contribution in [3.63, 3.8) is 0 Å². The number of hydrogen-bond donors (Lipinski definition) is 0. The van der Waals surface area contributed by atoms with Crippen molar-refractivity contribution in [2.45, 2.75) is 19.9 Å². The molecular weight excluding hydrogens is 282 g/mol. The number of carbonyl (C=O) groups is 1. The highest BCUT2D eigenvalue weighted by Gasteiger charge is 2.29. The number of sulfonamides is 1. The molecule has 0 heterocycles. The van der Waals surface area contributed by atoms with Gasteiger partial charge in [-0.2, -0.15) is 0 Å². The molecule has 0 radical (unpaired) electrons. The van der Waals surface area contributed by atoms with Crippen LogP contribution in [0.4, 0.5) is 5.69 Å². The monoisotopic (exact) mass is 301 g/mol. The molecule has 20 heavy (non-hydrogen) atoms. The second-order valence-electron chi connectivity index (χ2n) is 4.18. The van der Waals surface area contributed by atoms with E-state index in [9.17, 15) is 13.2 Å². The third kappa shape index (κ3) is 3.86. The lowest BCUT2D eigenvalue weighted by Gasteiger charge is -2.27. The summed E-state index contributed by atoms with van der Waals surface area (Å²) < 4.78 is 34.8. The van der Waals surface area contributed by atoms with E-state index in [0.717, 1.165) is 10.6 Å². The fourth-order valence-electron chi connectivity index (χ4n) is 1.79. The standard InChI is InChI=1S/C13H19NO5S/c1-5-19-13(15)10(2)14(20(4,16)17)11-6-8-12(18-3)9-7-11/h6-10H,5H2,1-4H3/t10-/m1/s1. The Morgan fingerprint density at radius 3 is 2.25 bits per heavy atom. The summed E-state index contributed by atoms with van der Waals surface area (Å²) in [5.41, 5.74) is 0.383. The fraction of sp³-hybridized carbons (Fsp3) is 0.462. The first-order valence-corrected chi connectivity index (χ1v) is 7.96. The van der Waals surface area contributed by atoms with Gasteiger partial charge in [-0.3, -0.25) is 4.31 Å². The average Bonchev–Trinajstić information content (AvgIpc) is 2.38. The number of methoxy groups -OCH3 is 1. The fourth-order valence-corrected chi connectivity index (χ4v) is 2.96. The molecule has 0 aromatic heterocycles. The quantitative estimate of drug-likeness (QED) is 0.743. The zero-order chi connectivity index (χ0) is 15.3. The number of hydrogen-bond acceptors (Lipinski definition) is 5. The number of carbonyl (C=O) groups excluding carboxylic acids is 1. The zero-order valence-corrected chi connectivity index (χ0v) is 12.8. The van der Waals surface area contributed by atoms with Gasteiger partial charge in [0.1, 0.15) is 11.8 Å². The van der Waals surface area contributed by atoms with Crippen LogP contribution in [-0.4, -0.2) is 40.4 Å². The molecule has 1 aromatic carbocycles. The molecule has 0 unspecified atom stereocenters. The molecule has 7 heteroatoms. The van der Waals surface area contributed by atoms with E-state index >= 15 is 0 Å². The molecule has 112 valence electrons. The Kier molecular flexibility index (Phi) is 5.38. The van der Waals surface area contributed by atoms with Gasteiger partial charge in [0.25, 0.3) is 0 Å². The summed E-state index contributed by atoms with van der Waals surface area (Å²) in [6, 6.07) is 5.49. The molecule has 0 N–H and O–H groups in total. The minimum absolute atomic E-state index is 0.198. The van der Waals surface area contributed by atoms with Crippen LogP contribution in [0.3, 0.4) is 0 Å². The highest BCUT2D eigenvalue weighted by molar-refractivity contribution is 7.92.